The van der Waals surface area contributed by atoms with Gasteiger partial charge in [-0.25, -0.2) is 9.78 Å². The van der Waals surface area contributed by atoms with Crippen molar-refractivity contribution < 1.29 is 18.7 Å². The largest absolute Gasteiger partial charge is 0.465 e. The number of rotatable bonds is 3. The van der Waals surface area contributed by atoms with Crippen LogP contribution in [0.1, 0.15) is 38.1 Å². The quantitative estimate of drug-likeness (QED) is 0.477. The van der Waals surface area contributed by atoms with E-state index >= 15 is 0 Å². The topological polar surface area (TPSA) is 89.7 Å². The molecular formula is C24H16N2O5. The van der Waals surface area contributed by atoms with Crippen LogP contribution in [-0.4, -0.2) is 24.0 Å². The van der Waals surface area contributed by atoms with Gasteiger partial charge in [-0.15, -0.1) is 0 Å². The molecule has 3 heterocycles. The maximum absolute atomic E-state index is 13.4. The van der Waals surface area contributed by atoms with E-state index in [2.05, 4.69) is 4.98 Å². The van der Waals surface area contributed by atoms with Crippen molar-refractivity contribution in [3.8, 4) is 0 Å². The number of pyridine rings is 1. The minimum atomic E-state index is -0.745. The van der Waals surface area contributed by atoms with Crippen molar-refractivity contribution in [2.24, 2.45) is 0 Å². The van der Waals surface area contributed by atoms with Crippen LogP contribution in [-0.2, 0) is 4.74 Å². The molecule has 0 spiro atoms. The molecule has 2 aromatic heterocycles. The third-order valence-corrected chi connectivity index (χ3v) is 5.32. The van der Waals surface area contributed by atoms with Crippen molar-refractivity contribution in [3.05, 3.63) is 106 Å². The number of para-hydroxylation sites is 1. The molecule has 1 aliphatic heterocycles. The summed E-state index contributed by atoms with van der Waals surface area (Å²) in [6.45, 7) is 0. The van der Waals surface area contributed by atoms with Crippen LogP contribution in [0.25, 0.3) is 11.0 Å². The maximum atomic E-state index is 13.4. The van der Waals surface area contributed by atoms with Crippen LogP contribution in [0.15, 0.2) is 82.1 Å². The lowest BCUT2D eigenvalue weighted by Gasteiger charge is -2.24. The lowest BCUT2D eigenvalue weighted by Crippen LogP contribution is -2.30. The molecule has 5 rings (SSSR count). The third kappa shape index (κ3) is 2.90. The molecular weight excluding hydrogens is 396 g/mol. The molecule has 0 unspecified atom stereocenters. The van der Waals surface area contributed by atoms with E-state index in [1.807, 2.05) is 0 Å². The molecule has 2 aromatic carbocycles. The van der Waals surface area contributed by atoms with Gasteiger partial charge in [0.1, 0.15) is 11.4 Å². The predicted octanol–water partition coefficient (Wildman–Crippen LogP) is 3.72. The Labute approximate surface area is 176 Å². The van der Waals surface area contributed by atoms with Crippen LogP contribution >= 0.6 is 0 Å². The Kier molecular flexibility index (Phi) is 4.36. The molecule has 0 saturated carbocycles. The number of hydrogen-bond acceptors (Lipinski definition) is 6. The highest BCUT2D eigenvalue weighted by Crippen LogP contribution is 2.40. The SMILES string of the molecule is COC(=O)c1ccc([C@@H]2c3c(oc4ccccc4c3=O)C(=O)N2c2ccccn2)cc1. The number of fused-ring (bicyclic) bond motifs is 2. The van der Waals surface area contributed by atoms with E-state index in [4.69, 9.17) is 9.15 Å². The third-order valence-electron chi connectivity index (χ3n) is 5.32. The van der Waals surface area contributed by atoms with Crippen LogP contribution in [0, 0.1) is 0 Å². The van der Waals surface area contributed by atoms with Gasteiger partial charge >= 0.3 is 5.97 Å². The number of nitrogens with zero attached hydrogens (tertiary/aromatic N) is 2. The van der Waals surface area contributed by atoms with Crippen LogP contribution in [0.3, 0.4) is 0 Å². The molecule has 7 heteroatoms. The smallest absolute Gasteiger partial charge is 0.337 e. The lowest BCUT2D eigenvalue weighted by molar-refractivity contribution is 0.0600. The molecule has 4 aromatic rings. The number of amides is 1. The van der Waals surface area contributed by atoms with Gasteiger partial charge in [-0.3, -0.25) is 14.5 Å². The standard InChI is InChI=1S/C24H16N2O5/c1-30-24(29)15-11-9-14(10-12-15)20-19-21(27)16-6-2-3-7-17(16)31-22(19)23(28)26(20)18-8-4-5-13-25-18/h2-13,20H,1H3/t20-/m1/s1. The molecule has 0 saturated heterocycles. The summed E-state index contributed by atoms with van der Waals surface area (Å²) < 4.78 is 10.6. The van der Waals surface area contributed by atoms with Crippen molar-refractivity contribution in [2.45, 2.75) is 6.04 Å². The van der Waals surface area contributed by atoms with E-state index in [9.17, 15) is 14.4 Å². The van der Waals surface area contributed by atoms with Crippen LogP contribution in [0.4, 0.5) is 5.82 Å². The zero-order valence-electron chi connectivity index (χ0n) is 16.4. The van der Waals surface area contributed by atoms with Gasteiger partial charge in [0.15, 0.2) is 5.43 Å². The second-order valence-electron chi connectivity index (χ2n) is 7.05. The Morgan fingerprint density at radius 1 is 1.00 bits per heavy atom. The number of ether oxygens (including phenoxy) is 1. The first kappa shape index (κ1) is 18.7. The minimum absolute atomic E-state index is 0.00334. The summed E-state index contributed by atoms with van der Waals surface area (Å²) in [6.07, 6.45) is 1.58. The second kappa shape index (κ2) is 7.21. The summed E-state index contributed by atoms with van der Waals surface area (Å²) in [5.41, 5.74) is 1.34. The molecule has 1 amide bonds. The number of hydrogen-bond donors (Lipinski definition) is 0. The highest BCUT2D eigenvalue weighted by Gasteiger charge is 2.44. The average molecular weight is 412 g/mol. The van der Waals surface area contributed by atoms with Gasteiger partial charge < -0.3 is 9.15 Å². The first-order valence-corrected chi connectivity index (χ1v) is 9.58. The van der Waals surface area contributed by atoms with E-state index in [0.717, 1.165) is 0 Å². The zero-order chi connectivity index (χ0) is 21.5. The van der Waals surface area contributed by atoms with Crippen molar-refractivity contribution in [1.82, 2.24) is 4.98 Å². The molecule has 7 nitrogen and oxygen atoms in total. The van der Waals surface area contributed by atoms with Gasteiger partial charge in [-0.1, -0.05) is 30.3 Å². The van der Waals surface area contributed by atoms with E-state index < -0.39 is 17.9 Å². The Morgan fingerprint density at radius 3 is 2.45 bits per heavy atom. The molecule has 0 bridgehead atoms. The van der Waals surface area contributed by atoms with Gasteiger partial charge in [0, 0.05) is 6.20 Å². The highest BCUT2D eigenvalue weighted by atomic mass is 16.5. The number of anilines is 1. The van der Waals surface area contributed by atoms with E-state index in [1.165, 1.54) is 12.0 Å². The lowest BCUT2D eigenvalue weighted by atomic mass is 9.97. The summed E-state index contributed by atoms with van der Waals surface area (Å²) in [7, 11) is 1.31. The van der Waals surface area contributed by atoms with Gasteiger partial charge in [0.25, 0.3) is 5.91 Å². The van der Waals surface area contributed by atoms with Gasteiger partial charge in [0.2, 0.25) is 5.76 Å². The van der Waals surface area contributed by atoms with Gasteiger partial charge in [-0.05, 0) is 42.0 Å². The Morgan fingerprint density at radius 2 is 1.74 bits per heavy atom. The highest BCUT2D eigenvalue weighted by molar-refractivity contribution is 6.10. The fourth-order valence-electron chi connectivity index (χ4n) is 3.89. The van der Waals surface area contributed by atoms with Crippen LogP contribution in [0.2, 0.25) is 0 Å². The number of aromatic nitrogens is 1. The van der Waals surface area contributed by atoms with Crippen molar-refractivity contribution in [1.29, 1.82) is 0 Å². The molecule has 1 aliphatic rings. The summed E-state index contributed by atoms with van der Waals surface area (Å²) >= 11 is 0. The molecule has 0 radical (unpaired) electrons. The second-order valence-corrected chi connectivity index (χ2v) is 7.05. The maximum Gasteiger partial charge on any atom is 0.337 e. The molecule has 0 aliphatic carbocycles. The molecule has 31 heavy (non-hydrogen) atoms. The number of benzene rings is 2. The summed E-state index contributed by atoms with van der Waals surface area (Å²) in [5.74, 6) is -0.527. The molecule has 0 N–H and O–H groups in total. The Hall–Kier alpha value is -4.26. The van der Waals surface area contributed by atoms with E-state index in [1.54, 1.807) is 72.9 Å². The molecule has 1 atom stereocenters. The van der Waals surface area contributed by atoms with Crippen LogP contribution in [0.5, 0.6) is 0 Å². The van der Waals surface area contributed by atoms with Crippen molar-refractivity contribution in [2.75, 3.05) is 12.0 Å². The molecule has 0 fully saturated rings. The van der Waals surface area contributed by atoms with Crippen molar-refractivity contribution in [3.63, 3.8) is 0 Å². The van der Waals surface area contributed by atoms with Gasteiger partial charge in [0.05, 0.1) is 29.7 Å². The average Bonchev–Trinajstić information content (AvgIpc) is 3.12. The summed E-state index contributed by atoms with van der Waals surface area (Å²) in [6, 6.07) is 17.9. The molecule has 152 valence electrons. The van der Waals surface area contributed by atoms with Crippen LogP contribution < -0.4 is 10.3 Å². The predicted molar refractivity (Wildman–Crippen MR) is 113 cm³/mol. The fourth-order valence-corrected chi connectivity index (χ4v) is 3.89. The number of esters is 1. The number of methoxy groups -OCH3 is 1. The first-order valence-electron chi connectivity index (χ1n) is 9.58. The zero-order valence-corrected chi connectivity index (χ0v) is 16.4. The summed E-state index contributed by atoms with van der Waals surface area (Å²) in [5, 5.41) is 0.396. The first-order chi connectivity index (χ1) is 15.1. The van der Waals surface area contributed by atoms with Gasteiger partial charge in [-0.2, -0.15) is 0 Å². The monoisotopic (exact) mass is 412 g/mol. The minimum Gasteiger partial charge on any atom is -0.465 e. The van der Waals surface area contributed by atoms with Crippen molar-refractivity contribution >= 4 is 28.7 Å². The number of carbonyl (C=O) groups is 2. The Balaban J connectivity index is 1.75. The number of carbonyl (C=O) groups excluding carboxylic acids is 2. The normalized spacial score (nSPS) is 15.2. The van der Waals surface area contributed by atoms with E-state index in [-0.39, 0.29) is 16.8 Å². The van der Waals surface area contributed by atoms with E-state index in [0.29, 0.717) is 27.9 Å². The Bertz CT molecular complexity index is 1380. The fraction of sp³-hybridized carbons (Fsp3) is 0.0833. The summed E-state index contributed by atoms with van der Waals surface area (Å²) in [4.78, 5) is 44.4.